The van der Waals surface area contributed by atoms with E-state index in [2.05, 4.69) is 4.98 Å². The second-order valence-corrected chi connectivity index (χ2v) is 2.45. The molecule has 0 saturated carbocycles. The Morgan fingerprint density at radius 1 is 0.667 bits per heavy atom. The molecule has 0 atom stereocenters. The van der Waals surface area contributed by atoms with Crippen LogP contribution in [0.25, 0.3) is 0 Å². The molecule has 0 bridgehead atoms. The van der Waals surface area contributed by atoms with Crippen LogP contribution in [0.1, 0.15) is 0 Å². The quantitative estimate of drug-likeness (QED) is 0.181. The van der Waals surface area contributed by atoms with Gasteiger partial charge in [-0.2, -0.15) is 0 Å². The van der Waals surface area contributed by atoms with Gasteiger partial charge in [0.25, 0.3) is 0 Å². The topological polar surface area (TPSA) is 226 Å². The zero-order valence-electron chi connectivity index (χ0n) is 10.2. The molecule has 0 aliphatic heterocycles. The Kier molecular flexibility index (Phi) is 16.8. The third kappa shape index (κ3) is 38.2. The molecule has 1 heterocycles. The van der Waals surface area contributed by atoms with E-state index in [0.29, 0.717) is 0 Å². The van der Waals surface area contributed by atoms with E-state index in [9.17, 15) is 0 Å². The van der Waals surface area contributed by atoms with Crippen LogP contribution in [-0.2, 0) is 19.2 Å². The van der Waals surface area contributed by atoms with Crippen LogP contribution in [-0.4, -0.2) is 71.7 Å². The van der Waals surface area contributed by atoms with Gasteiger partial charge in [0, 0.05) is 12.4 Å². The highest BCUT2D eigenvalue weighted by Gasteiger charge is 2.04. The predicted octanol–water partition coefficient (Wildman–Crippen LogP) is -2.73. The number of aromatic nitrogens is 1. The minimum absolute atomic E-state index is 1.82. The number of carboxylic acid groups (broad SMARTS) is 4. The van der Waals surface area contributed by atoms with Crippen LogP contribution in [0.5, 0.6) is 0 Å². The first kappa shape index (κ1) is 23.2. The Balaban J connectivity index is -0.000000208. The van der Waals surface area contributed by atoms with Gasteiger partial charge in [0.2, 0.25) is 0 Å². The van der Waals surface area contributed by atoms with Gasteiger partial charge >= 0.3 is 31.2 Å². The number of carboxylic acids is 4. The van der Waals surface area contributed by atoms with Crippen LogP contribution < -0.4 is 0 Å². The van der Waals surface area contributed by atoms with Gasteiger partial charge in [-0.25, -0.2) is 19.2 Å². The highest BCUT2D eigenvalue weighted by atomic mass is 16.5. The van der Waals surface area contributed by atoms with Gasteiger partial charge in [-0.05, 0) is 12.1 Å². The van der Waals surface area contributed by atoms with Crippen molar-refractivity contribution in [3.8, 4) is 0 Å². The second-order valence-electron chi connectivity index (χ2n) is 2.45. The van der Waals surface area contributed by atoms with E-state index in [-0.39, 0.29) is 0 Å². The highest BCUT2D eigenvalue weighted by molar-refractivity contribution is 6.30. The summed E-state index contributed by atoms with van der Waals surface area (Å²) in [5.41, 5.74) is 0. The van der Waals surface area contributed by atoms with E-state index < -0.39 is 31.2 Å². The number of aliphatic carboxylic acids is 4. The summed E-state index contributed by atoms with van der Waals surface area (Å²) >= 11 is 0. The van der Waals surface area contributed by atoms with Crippen molar-refractivity contribution in [2.75, 3.05) is 0 Å². The molecular weight excluding hydrogens is 297 g/mol. The fraction of sp³-hybridized carbons (Fsp3) is 0. The molecule has 0 amide bonds. The SMILES string of the molecule is O=C(O)C(=O)O.O=C(O)C(=O)O.OB(O)O.c1cc[nH]c1. The smallest absolute Gasteiger partial charge is 0.473 e. The maximum Gasteiger partial charge on any atom is 0.631 e. The molecule has 1 aromatic heterocycles. The lowest BCUT2D eigenvalue weighted by Gasteiger charge is -1.72. The first-order valence-electron chi connectivity index (χ1n) is 4.56. The molecular formula is C8H12BNO11. The molecule has 13 heteroatoms. The van der Waals surface area contributed by atoms with Crippen molar-refractivity contribution in [2.45, 2.75) is 0 Å². The molecule has 118 valence electrons. The summed E-state index contributed by atoms with van der Waals surface area (Å²) in [6, 6.07) is 3.89. The fourth-order valence-corrected chi connectivity index (χ4v) is 0.278. The molecule has 0 spiro atoms. The lowest BCUT2D eigenvalue weighted by atomic mass is 10.3. The molecule has 0 aliphatic carbocycles. The number of carbonyl (C=O) groups is 4. The largest absolute Gasteiger partial charge is 0.631 e. The molecule has 0 aromatic carbocycles. The summed E-state index contributed by atoms with van der Waals surface area (Å²) in [5, 5.41) is 51.1. The minimum Gasteiger partial charge on any atom is -0.473 e. The van der Waals surface area contributed by atoms with E-state index in [0.717, 1.165) is 0 Å². The molecule has 0 aliphatic rings. The maximum atomic E-state index is 9.10. The zero-order valence-corrected chi connectivity index (χ0v) is 10.2. The molecule has 12 nitrogen and oxygen atoms in total. The minimum atomic E-state index is -2.17. The van der Waals surface area contributed by atoms with Gasteiger partial charge in [-0.3, -0.25) is 0 Å². The van der Waals surface area contributed by atoms with Crippen molar-refractivity contribution in [2.24, 2.45) is 0 Å². The number of H-pyrrole nitrogens is 1. The van der Waals surface area contributed by atoms with Crippen molar-refractivity contribution in [3.63, 3.8) is 0 Å². The Morgan fingerprint density at radius 3 is 0.905 bits per heavy atom. The van der Waals surface area contributed by atoms with E-state index in [1.807, 2.05) is 24.5 Å². The van der Waals surface area contributed by atoms with Crippen molar-refractivity contribution in [1.29, 1.82) is 0 Å². The third-order valence-corrected chi connectivity index (χ3v) is 0.862. The average molecular weight is 309 g/mol. The van der Waals surface area contributed by atoms with Crippen molar-refractivity contribution in [3.05, 3.63) is 24.5 Å². The van der Waals surface area contributed by atoms with E-state index in [1.165, 1.54) is 0 Å². The van der Waals surface area contributed by atoms with Crippen LogP contribution in [0, 0.1) is 0 Å². The van der Waals surface area contributed by atoms with Crippen LogP contribution in [0.2, 0.25) is 0 Å². The summed E-state index contributed by atoms with van der Waals surface area (Å²) in [7, 11) is -2.17. The summed E-state index contributed by atoms with van der Waals surface area (Å²) in [6.07, 6.45) is 3.75. The first-order chi connectivity index (χ1) is 9.52. The number of hydrogen-bond acceptors (Lipinski definition) is 7. The van der Waals surface area contributed by atoms with E-state index in [1.54, 1.807) is 0 Å². The highest BCUT2D eigenvalue weighted by Crippen LogP contribution is 1.72. The van der Waals surface area contributed by atoms with Gasteiger partial charge in [0.15, 0.2) is 0 Å². The Hall–Kier alpha value is -2.90. The van der Waals surface area contributed by atoms with Crippen molar-refractivity contribution in [1.82, 2.24) is 4.98 Å². The molecule has 0 radical (unpaired) electrons. The number of hydrogen-bond donors (Lipinski definition) is 8. The van der Waals surface area contributed by atoms with Gasteiger partial charge in [0.05, 0.1) is 0 Å². The monoisotopic (exact) mass is 309 g/mol. The third-order valence-electron chi connectivity index (χ3n) is 0.862. The second kappa shape index (κ2) is 15.2. The maximum absolute atomic E-state index is 9.10. The molecule has 8 N–H and O–H groups in total. The van der Waals surface area contributed by atoms with Gasteiger partial charge in [-0.1, -0.05) is 0 Å². The number of aromatic amines is 1. The first-order valence-corrected chi connectivity index (χ1v) is 4.56. The van der Waals surface area contributed by atoms with Gasteiger partial charge in [0.1, 0.15) is 0 Å². The lowest BCUT2D eigenvalue weighted by Crippen LogP contribution is -2.09. The lowest BCUT2D eigenvalue weighted by molar-refractivity contribution is -0.159. The van der Waals surface area contributed by atoms with Crippen molar-refractivity contribution >= 4 is 31.2 Å². The van der Waals surface area contributed by atoms with E-state index in [4.69, 9.17) is 54.7 Å². The Bertz CT molecular complexity index is 348. The van der Waals surface area contributed by atoms with Gasteiger partial charge < -0.3 is 40.5 Å². The predicted molar refractivity (Wildman–Crippen MR) is 63.7 cm³/mol. The number of nitrogens with one attached hydrogen (secondary N) is 1. The van der Waals surface area contributed by atoms with Gasteiger partial charge in [-0.15, -0.1) is 0 Å². The van der Waals surface area contributed by atoms with Crippen molar-refractivity contribution < 1.29 is 54.7 Å². The molecule has 0 unspecified atom stereocenters. The Morgan fingerprint density at radius 2 is 0.857 bits per heavy atom. The molecule has 0 fully saturated rings. The van der Waals surface area contributed by atoms with Crippen LogP contribution >= 0.6 is 0 Å². The summed E-state index contributed by atoms with van der Waals surface area (Å²) in [5.74, 6) is -7.30. The number of rotatable bonds is 0. The van der Waals surface area contributed by atoms with Crippen LogP contribution in [0.15, 0.2) is 24.5 Å². The van der Waals surface area contributed by atoms with Crippen LogP contribution in [0.3, 0.4) is 0 Å². The molecule has 0 saturated heterocycles. The summed E-state index contributed by atoms with van der Waals surface area (Å²) < 4.78 is 0. The standard InChI is InChI=1S/C4H5N.2C2H2O4.BH3O3/c1-2-4-5-3-1;2*3-1(4)2(5)6;2-1(3)4/h1-5H;2*(H,3,4)(H,5,6);2-4H. The molecule has 1 aromatic rings. The normalized spacial score (nSPS) is 7.38. The van der Waals surface area contributed by atoms with E-state index >= 15 is 0 Å². The molecule has 1 rings (SSSR count). The fourth-order valence-electron chi connectivity index (χ4n) is 0.278. The molecule has 21 heavy (non-hydrogen) atoms. The zero-order chi connectivity index (χ0) is 17.4. The Labute approximate surface area is 116 Å². The van der Waals surface area contributed by atoms with Crippen LogP contribution in [0.4, 0.5) is 0 Å². The summed E-state index contributed by atoms with van der Waals surface area (Å²) in [4.78, 5) is 39.3. The average Bonchev–Trinajstić information content (AvgIpc) is 2.86. The summed E-state index contributed by atoms with van der Waals surface area (Å²) in [6.45, 7) is 0.